The molecule has 0 N–H and O–H groups in total. The lowest BCUT2D eigenvalue weighted by molar-refractivity contribution is 0.365. The van der Waals surface area contributed by atoms with E-state index in [9.17, 15) is 4.80 Å². The summed E-state index contributed by atoms with van der Waals surface area (Å²) in [5, 5.41) is 0. The van der Waals surface area contributed by atoms with Crippen LogP contribution in [-0.2, 0) is 4.80 Å². The Bertz CT molecular complexity index is 181. The zero-order valence-electron chi connectivity index (χ0n) is 12.0. The van der Waals surface area contributed by atoms with Crippen molar-refractivity contribution in [1.29, 1.82) is 0 Å². The van der Waals surface area contributed by atoms with E-state index < -0.39 is 9.04 Å². The second kappa shape index (κ2) is 8.37. The van der Waals surface area contributed by atoms with E-state index >= 15 is 0 Å². The van der Waals surface area contributed by atoms with Crippen molar-refractivity contribution in [3.05, 3.63) is 0 Å². The number of hydrogen-bond acceptors (Lipinski definition) is 0. The fraction of sp³-hybridized carbons (Fsp3) is 1.00. The Morgan fingerprint density at radius 3 is 1.11 bits per heavy atom. The molecule has 0 aliphatic heterocycles. The van der Waals surface area contributed by atoms with Gasteiger partial charge in [-0.3, -0.25) is 0 Å². The maximum atomic E-state index is 12.9. The van der Waals surface area contributed by atoms with Gasteiger partial charge in [0.05, 0.1) is 0 Å². The summed E-state index contributed by atoms with van der Waals surface area (Å²) in [4.78, 5) is 12.9. The highest BCUT2D eigenvalue weighted by atomic mass is 28.3. The first kappa shape index (κ1) is 14.6. The van der Waals surface area contributed by atoms with Gasteiger partial charge < -0.3 is 4.80 Å². The van der Waals surface area contributed by atoms with Gasteiger partial charge in [-0.25, -0.2) is 0 Å². The molecule has 2 aliphatic carbocycles. The van der Waals surface area contributed by atoms with Crippen LogP contribution in [0.2, 0.25) is 11.1 Å². The van der Waals surface area contributed by atoms with Gasteiger partial charge in [0.2, 0.25) is 9.04 Å². The molecule has 2 aliphatic rings. The Kier molecular flexibility index (Phi) is 6.78. The fourth-order valence-corrected chi connectivity index (χ4v) is 7.04. The minimum Gasteiger partial charge on any atom is -0.301 e. The van der Waals surface area contributed by atoms with E-state index in [2.05, 4.69) is 0 Å². The van der Waals surface area contributed by atoms with Gasteiger partial charge >= 0.3 is 0 Å². The van der Waals surface area contributed by atoms with Crippen LogP contribution in [0.1, 0.15) is 89.9 Å². The van der Waals surface area contributed by atoms with E-state index in [1.165, 1.54) is 89.9 Å². The van der Waals surface area contributed by atoms with Crippen LogP contribution in [-0.4, -0.2) is 9.04 Å². The summed E-state index contributed by atoms with van der Waals surface area (Å²) >= 11 is 0. The summed E-state index contributed by atoms with van der Waals surface area (Å²) < 4.78 is 0. The van der Waals surface area contributed by atoms with Gasteiger partial charge in [0.1, 0.15) is 0 Å². The lowest BCUT2D eigenvalue weighted by atomic mass is 10.00. The first-order valence-electron chi connectivity index (χ1n) is 8.54. The van der Waals surface area contributed by atoms with Crippen molar-refractivity contribution in [2.75, 3.05) is 0 Å². The Morgan fingerprint density at radius 2 is 0.778 bits per heavy atom. The van der Waals surface area contributed by atoms with E-state index in [1.54, 1.807) is 0 Å². The summed E-state index contributed by atoms with van der Waals surface area (Å²) in [6, 6.07) is 0. The quantitative estimate of drug-likeness (QED) is 0.599. The van der Waals surface area contributed by atoms with Crippen molar-refractivity contribution in [1.82, 2.24) is 0 Å². The Balaban J connectivity index is 1.83. The zero-order valence-corrected chi connectivity index (χ0v) is 13.2. The van der Waals surface area contributed by atoms with Crippen LogP contribution < -0.4 is 0 Å². The lowest BCUT2D eigenvalue weighted by Gasteiger charge is -2.29. The lowest BCUT2D eigenvalue weighted by Crippen LogP contribution is -2.27. The molecule has 0 saturated heterocycles. The molecule has 1 radical (unpaired) electrons. The topological polar surface area (TPSA) is 19.9 Å². The monoisotopic (exact) mass is 267 g/mol. The molecule has 105 valence electrons. The maximum Gasteiger partial charge on any atom is 0.228 e. The Labute approximate surface area is 115 Å². The van der Waals surface area contributed by atoms with Gasteiger partial charge in [-0.15, -0.1) is 0 Å². The molecule has 2 rings (SSSR count). The molecular weight excluding hydrogens is 236 g/mol. The second-order valence-electron chi connectivity index (χ2n) is 6.68. The molecule has 0 spiro atoms. The first-order chi connectivity index (χ1) is 8.88. The smallest absolute Gasteiger partial charge is 0.228 e. The SMILES string of the molecule is [O][SiH](C1CCCCCCC1)C1CCCCCCC1. The molecule has 0 amide bonds. The molecule has 0 aromatic rings. The predicted molar refractivity (Wildman–Crippen MR) is 80.0 cm³/mol. The number of rotatable bonds is 2. The third-order valence-electron chi connectivity index (χ3n) is 5.23. The van der Waals surface area contributed by atoms with Crippen molar-refractivity contribution < 1.29 is 4.80 Å². The van der Waals surface area contributed by atoms with Crippen LogP contribution >= 0.6 is 0 Å². The van der Waals surface area contributed by atoms with E-state index in [0.717, 1.165) is 0 Å². The minimum atomic E-state index is -1.71. The highest BCUT2D eigenvalue weighted by Gasteiger charge is 2.31. The highest BCUT2D eigenvalue weighted by Crippen LogP contribution is 2.38. The molecule has 0 aromatic carbocycles. The summed E-state index contributed by atoms with van der Waals surface area (Å²) in [5.41, 5.74) is 1.30. The standard InChI is InChI=1S/C16H31OSi/c17-18(15-11-7-3-1-4-8-12-15)16-13-9-5-2-6-10-14-16/h15-16,18H,1-14H2. The summed E-state index contributed by atoms with van der Waals surface area (Å²) in [6.07, 6.45) is 19.0. The van der Waals surface area contributed by atoms with Gasteiger partial charge in [-0.2, -0.15) is 0 Å². The average Bonchev–Trinajstić information content (AvgIpc) is 2.27. The van der Waals surface area contributed by atoms with Crippen molar-refractivity contribution in [2.45, 2.75) is 101 Å². The van der Waals surface area contributed by atoms with E-state index in [1.807, 2.05) is 0 Å². The molecule has 0 bridgehead atoms. The van der Waals surface area contributed by atoms with Gasteiger partial charge in [0, 0.05) is 0 Å². The largest absolute Gasteiger partial charge is 0.301 e. The van der Waals surface area contributed by atoms with Crippen LogP contribution in [0.4, 0.5) is 0 Å². The molecule has 2 heteroatoms. The van der Waals surface area contributed by atoms with E-state index in [-0.39, 0.29) is 0 Å². The van der Waals surface area contributed by atoms with E-state index in [0.29, 0.717) is 11.1 Å². The van der Waals surface area contributed by atoms with Crippen LogP contribution in [0, 0.1) is 0 Å². The van der Waals surface area contributed by atoms with Gasteiger partial charge in [0.15, 0.2) is 0 Å². The molecule has 0 atom stereocenters. The van der Waals surface area contributed by atoms with Gasteiger partial charge in [0.25, 0.3) is 0 Å². The fourth-order valence-electron chi connectivity index (χ4n) is 4.02. The Morgan fingerprint density at radius 1 is 0.500 bits per heavy atom. The van der Waals surface area contributed by atoms with Gasteiger partial charge in [-0.1, -0.05) is 89.9 Å². The average molecular weight is 268 g/mol. The molecule has 18 heavy (non-hydrogen) atoms. The predicted octanol–water partition coefficient (Wildman–Crippen LogP) is 5.37. The van der Waals surface area contributed by atoms with Crippen LogP contribution in [0.15, 0.2) is 0 Å². The third kappa shape index (κ3) is 4.69. The summed E-state index contributed by atoms with van der Waals surface area (Å²) in [6.45, 7) is 0. The molecule has 2 fully saturated rings. The van der Waals surface area contributed by atoms with Crippen molar-refractivity contribution >= 4 is 9.04 Å². The van der Waals surface area contributed by atoms with Crippen molar-refractivity contribution in [2.24, 2.45) is 0 Å². The molecule has 1 nitrogen and oxygen atoms in total. The van der Waals surface area contributed by atoms with Crippen LogP contribution in [0.25, 0.3) is 0 Å². The van der Waals surface area contributed by atoms with Crippen molar-refractivity contribution in [3.63, 3.8) is 0 Å². The minimum absolute atomic E-state index is 0.648. The molecule has 0 unspecified atom stereocenters. The second-order valence-corrected chi connectivity index (χ2v) is 9.49. The molecule has 0 aromatic heterocycles. The summed E-state index contributed by atoms with van der Waals surface area (Å²) in [5.74, 6) is 0. The normalized spacial score (nSPS) is 26.3. The van der Waals surface area contributed by atoms with Gasteiger partial charge in [-0.05, 0) is 11.1 Å². The highest BCUT2D eigenvalue weighted by molar-refractivity contribution is 6.53. The zero-order chi connectivity index (χ0) is 12.6. The third-order valence-corrected chi connectivity index (χ3v) is 8.42. The van der Waals surface area contributed by atoms with Crippen molar-refractivity contribution in [3.8, 4) is 0 Å². The summed E-state index contributed by atoms with van der Waals surface area (Å²) in [7, 11) is -1.71. The molecular formula is C16H31OSi. The number of hydrogen-bond donors (Lipinski definition) is 0. The molecule has 2 saturated carbocycles. The van der Waals surface area contributed by atoms with Crippen LogP contribution in [0.3, 0.4) is 0 Å². The Hall–Kier alpha value is 0.177. The molecule has 0 heterocycles. The van der Waals surface area contributed by atoms with E-state index in [4.69, 9.17) is 0 Å². The first-order valence-corrected chi connectivity index (χ1v) is 10.3. The van der Waals surface area contributed by atoms with Crippen LogP contribution in [0.5, 0.6) is 0 Å². The maximum absolute atomic E-state index is 12.9.